The molecule has 100 valence electrons. The third kappa shape index (κ3) is 2.22. The molecule has 0 N–H and O–H groups in total. The molecule has 1 spiro atoms. The van der Waals surface area contributed by atoms with E-state index in [1.807, 2.05) is 11.8 Å². The van der Waals surface area contributed by atoms with Crippen molar-refractivity contribution in [3.8, 4) is 0 Å². The van der Waals surface area contributed by atoms with Crippen LogP contribution in [0.3, 0.4) is 0 Å². The highest BCUT2D eigenvalue weighted by molar-refractivity contribution is 5.04. The summed E-state index contributed by atoms with van der Waals surface area (Å²) in [7, 11) is 0. The molecule has 2 saturated heterocycles. The van der Waals surface area contributed by atoms with E-state index in [0.717, 1.165) is 19.6 Å². The van der Waals surface area contributed by atoms with E-state index in [0.29, 0.717) is 25.4 Å². The first-order chi connectivity index (χ1) is 7.90. The van der Waals surface area contributed by atoms with Gasteiger partial charge in [-0.25, -0.2) is 8.78 Å². The van der Waals surface area contributed by atoms with Crippen LogP contribution in [0.4, 0.5) is 8.78 Å². The van der Waals surface area contributed by atoms with E-state index in [4.69, 9.17) is 0 Å². The molecule has 0 aliphatic carbocycles. The molecule has 2 heterocycles. The zero-order chi connectivity index (χ0) is 12.7. The van der Waals surface area contributed by atoms with Crippen molar-refractivity contribution in [2.75, 3.05) is 32.7 Å². The van der Waals surface area contributed by atoms with Crippen LogP contribution >= 0.6 is 0 Å². The van der Waals surface area contributed by atoms with E-state index in [9.17, 15) is 8.78 Å². The molecule has 1 atom stereocenters. The fourth-order valence-electron chi connectivity index (χ4n) is 3.20. The van der Waals surface area contributed by atoms with E-state index in [1.54, 1.807) is 0 Å². The standard InChI is InChI=1S/C13H24F2N2/c1-4-16-7-5-12(13(14,15)10-16)6-8-17(9-12)11(2)3/h11H,4-10H2,1-3H3. The van der Waals surface area contributed by atoms with Gasteiger partial charge in [0.05, 0.1) is 12.0 Å². The van der Waals surface area contributed by atoms with Gasteiger partial charge in [-0.05, 0) is 46.3 Å². The summed E-state index contributed by atoms with van der Waals surface area (Å²) in [5.41, 5.74) is -0.747. The molecule has 0 amide bonds. The first kappa shape index (κ1) is 13.2. The van der Waals surface area contributed by atoms with Crippen molar-refractivity contribution in [3.05, 3.63) is 0 Å². The summed E-state index contributed by atoms with van der Waals surface area (Å²) in [6.45, 7) is 9.08. The minimum atomic E-state index is -2.52. The molecule has 0 radical (unpaired) electrons. The maximum atomic E-state index is 14.4. The molecular formula is C13H24F2N2. The molecule has 2 nitrogen and oxygen atoms in total. The van der Waals surface area contributed by atoms with Gasteiger partial charge in [0.15, 0.2) is 0 Å². The summed E-state index contributed by atoms with van der Waals surface area (Å²) in [6, 6.07) is 0.384. The molecule has 0 aromatic carbocycles. The molecule has 0 aromatic rings. The largest absolute Gasteiger partial charge is 0.300 e. The topological polar surface area (TPSA) is 6.48 Å². The van der Waals surface area contributed by atoms with E-state index < -0.39 is 11.3 Å². The summed E-state index contributed by atoms with van der Waals surface area (Å²) in [5.74, 6) is -2.52. The first-order valence-corrected chi connectivity index (χ1v) is 6.74. The van der Waals surface area contributed by atoms with Gasteiger partial charge in [-0.1, -0.05) is 6.92 Å². The second-order valence-corrected chi connectivity index (χ2v) is 5.92. The molecule has 17 heavy (non-hydrogen) atoms. The van der Waals surface area contributed by atoms with Gasteiger partial charge >= 0.3 is 0 Å². The molecule has 2 aliphatic heterocycles. The molecule has 2 fully saturated rings. The summed E-state index contributed by atoms with van der Waals surface area (Å²) in [4.78, 5) is 4.08. The fourth-order valence-corrected chi connectivity index (χ4v) is 3.20. The molecule has 0 aromatic heterocycles. The van der Waals surface area contributed by atoms with Crippen LogP contribution < -0.4 is 0 Å². The Balaban J connectivity index is 2.11. The summed E-state index contributed by atoms with van der Waals surface area (Å²) >= 11 is 0. The number of piperidine rings is 1. The molecule has 1 unspecified atom stereocenters. The lowest BCUT2D eigenvalue weighted by Crippen LogP contribution is -2.56. The molecule has 4 heteroatoms. The molecule has 2 rings (SSSR count). The van der Waals surface area contributed by atoms with Crippen LogP contribution in [-0.4, -0.2) is 54.5 Å². The minimum absolute atomic E-state index is 0.0462. The second kappa shape index (κ2) is 4.47. The molecule has 2 aliphatic rings. The third-order valence-electron chi connectivity index (χ3n) is 4.67. The van der Waals surface area contributed by atoms with Gasteiger partial charge in [0.25, 0.3) is 5.92 Å². The van der Waals surface area contributed by atoms with Crippen LogP contribution in [0.2, 0.25) is 0 Å². The van der Waals surface area contributed by atoms with Gasteiger partial charge in [0.1, 0.15) is 0 Å². The highest BCUT2D eigenvalue weighted by Gasteiger charge is 2.59. The Morgan fingerprint density at radius 1 is 1.12 bits per heavy atom. The number of halogens is 2. The Bertz CT molecular complexity index is 281. The van der Waals surface area contributed by atoms with E-state index in [2.05, 4.69) is 18.7 Å². The van der Waals surface area contributed by atoms with Gasteiger partial charge in [-0.2, -0.15) is 0 Å². The van der Waals surface area contributed by atoms with Crippen molar-refractivity contribution >= 4 is 0 Å². The second-order valence-electron chi connectivity index (χ2n) is 5.92. The number of likely N-dealkylation sites (tertiary alicyclic amines) is 2. The van der Waals surface area contributed by atoms with Crippen LogP contribution in [0.15, 0.2) is 0 Å². The van der Waals surface area contributed by atoms with E-state index in [-0.39, 0.29) is 6.54 Å². The Morgan fingerprint density at radius 2 is 1.76 bits per heavy atom. The first-order valence-electron chi connectivity index (χ1n) is 6.74. The van der Waals surface area contributed by atoms with Gasteiger partial charge < -0.3 is 4.90 Å². The smallest absolute Gasteiger partial charge is 0.267 e. The highest BCUT2D eigenvalue weighted by atomic mass is 19.3. The molecular weight excluding hydrogens is 222 g/mol. The third-order valence-corrected chi connectivity index (χ3v) is 4.67. The van der Waals surface area contributed by atoms with Crippen molar-refractivity contribution in [2.24, 2.45) is 5.41 Å². The lowest BCUT2D eigenvalue weighted by molar-refractivity contribution is -0.163. The number of hydrogen-bond donors (Lipinski definition) is 0. The normalized spacial score (nSPS) is 34.9. The van der Waals surface area contributed by atoms with E-state index in [1.165, 1.54) is 0 Å². The monoisotopic (exact) mass is 246 g/mol. The average molecular weight is 246 g/mol. The number of nitrogens with zero attached hydrogens (tertiary/aromatic N) is 2. The highest BCUT2D eigenvalue weighted by Crippen LogP contribution is 2.50. The predicted molar refractivity (Wildman–Crippen MR) is 65.4 cm³/mol. The summed E-state index contributed by atoms with van der Waals surface area (Å²) in [6.07, 6.45) is 1.31. The summed E-state index contributed by atoms with van der Waals surface area (Å²) < 4.78 is 28.7. The van der Waals surface area contributed by atoms with Gasteiger partial charge in [-0.15, -0.1) is 0 Å². The zero-order valence-corrected chi connectivity index (χ0v) is 11.2. The Labute approximate surface area is 103 Å². The van der Waals surface area contributed by atoms with Crippen molar-refractivity contribution in [3.63, 3.8) is 0 Å². The predicted octanol–water partition coefficient (Wildman–Crippen LogP) is 2.45. The quantitative estimate of drug-likeness (QED) is 0.738. The minimum Gasteiger partial charge on any atom is -0.300 e. The van der Waals surface area contributed by atoms with Crippen LogP contribution in [0.5, 0.6) is 0 Å². The van der Waals surface area contributed by atoms with Crippen LogP contribution in [0.25, 0.3) is 0 Å². The van der Waals surface area contributed by atoms with Crippen molar-refractivity contribution < 1.29 is 8.78 Å². The number of alkyl halides is 2. The van der Waals surface area contributed by atoms with Crippen LogP contribution in [0.1, 0.15) is 33.6 Å². The fraction of sp³-hybridized carbons (Fsp3) is 1.00. The number of rotatable bonds is 2. The van der Waals surface area contributed by atoms with Gasteiger partial charge in [0, 0.05) is 12.6 Å². The van der Waals surface area contributed by atoms with Crippen LogP contribution in [-0.2, 0) is 0 Å². The maximum absolute atomic E-state index is 14.4. The Kier molecular flexibility index (Phi) is 3.47. The van der Waals surface area contributed by atoms with Crippen LogP contribution in [0, 0.1) is 5.41 Å². The lowest BCUT2D eigenvalue weighted by atomic mass is 9.74. The van der Waals surface area contributed by atoms with Crippen molar-refractivity contribution in [1.29, 1.82) is 0 Å². The number of hydrogen-bond acceptors (Lipinski definition) is 2. The van der Waals surface area contributed by atoms with Gasteiger partial charge in [-0.3, -0.25) is 4.90 Å². The maximum Gasteiger partial charge on any atom is 0.267 e. The zero-order valence-electron chi connectivity index (χ0n) is 11.2. The Hall–Kier alpha value is -0.220. The van der Waals surface area contributed by atoms with E-state index >= 15 is 0 Å². The SMILES string of the molecule is CCN1CCC2(CCN(C(C)C)C2)C(F)(F)C1. The summed E-state index contributed by atoms with van der Waals surface area (Å²) in [5, 5.41) is 0. The molecule has 0 saturated carbocycles. The van der Waals surface area contributed by atoms with Gasteiger partial charge in [0.2, 0.25) is 0 Å². The molecule has 0 bridgehead atoms. The van der Waals surface area contributed by atoms with Crippen molar-refractivity contribution in [2.45, 2.75) is 45.6 Å². The van der Waals surface area contributed by atoms with Crippen molar-refractivity contribution in [1.82, 2.24) is 9.80 Å². The lowest BCUT2D eigenvalue weighted by Gasteiger charge is -2.45. The average Bonchev–Trinajstić information content (AvgIpc) is 2.69. The Morgan fingerprint density at radius 3 is 2.24 bits per heavy atom.